The summed E-state index contributed by atoms with van der Waals surface area (Å²) in [6, 6.07) is 5.68. The highest BCUT2D eigenvalue weighted by Gasteiger charge is 2.32. The molecule has 1 fully saturated rings. The van der Waals surface area contributed by atoms with Crippen molar-refractivity contribution in [2.24, 2.45) is 5.92 Å². The molecule has 3 aromatic rings. The van der Waals surface area contributed by atoms with E-state index in [1.807, 2.05) is 42.8 Å². The van der Waals surface area contributed by atoms with Crippen LogP contribution in [0.2, 0.25) is 0 Å². The normalized spacial score (nSPS) is 14.3. The third-order valence-corrected chi connectivity index (χ3v) is 7.29. The summed E-state index contributed by atoms with van der Waals surface area (Å²) in [7, 11) is 1.60. The Balaban J connectivity index is 1.39. The van der Waals surface area contributed by atoms with Gasteiger partial charge in [-0.1, -0.05) is 6.42 Å². The molecule has 196 valence electrons. The van der Waals surface area contributed by atoms with Crippen molar-refractivity contribution in [3.8, 4) is 34.2 Å². The smallest absolute Gasteiger partial charge is 0.272 e. The molecule has 0 bridgehead atoms. The van der Waals surface area contributed by atoms with Crippen LogP contribution in [0.25, 0.3) is 16.9 Å². The number of carbonyl (C=O) groups is 2. The van der Waals surface area contributed by atoms with Gasteiger partial charge in [0.15, 0.2) is 17.2 Å². The number of rotatable bonds is 10. The molecule has 0 saturated heterocycles. The number of ether oxygens (including phenoxy) is 3. The quantitative estimate of drug-likeness (QED) is 0.383. The largest absolute Gasteiger partial charge is 0.493 e. The predicted molar refractivity (Wildman–Crippen MR) is 141 cm³/mol. The van der Waals surface area contributed by atoms with Gasteiger partial charge in [0.25, 0.3) is 5.91 Å². The summed E-state index contributed by atoms with van der Waals surface area (Å²) in [6.45, 7) is 5.09. The number of nitrogens with zero attached hydrogens (tertiary/aromatic N) is 2. The van der Waals surface area contributed by atoms with E-state index in [1.165, 1.54) is 0 Å². The van der Waals surface area contributed by atoms with E-state index < -0.39 is 0 Å². The Morgan fingerprint density at radius 3 is 2.70 bits per heavy atom. The number of aromatic nitrogens is 2. The number of nitrogens with one attached hydrogen (secondary N) is 2. The average Bonchev–Trinajstić information content (AvgIpc) is 3.50. The number of thiophene rings is 1. The molecule has 10 heteroatoms. The molecule has 0 atom stereocenters. The van der Waals surface area contributed by atoms with Crippen molar-refractivity contribution in [2.75, 3.05) is 20.2 Å². The van der Waals surface area contributed by atoms with E-state index in [1.54, 1.807) is 23.1 Å². The van der Waals surface area contributed by atoms with E-state index in [0.717, 1.165) is 41.8 Å². The van der Waals surface area contributed by atoms with Gasteiger partial charge in [-0.15, -0.1) is 0 Å². The maximum absolute atomic E-state index is 13.2. The maximum atomic E-state index is 13.2. The van der Waals surface area contributed by atoms with Crippen molar-refractivity contribution in [1.29, 1.82) is 0 Å². The van der Waals surface area contributed by atoms with E-state index in [9.17, 15) is 9.59 Å². The molecule has 1 aliphatic carbocycles. The van der Waals surface area contributed by atoms with E-state index in [-0.39, 0.29) is 30.4 Å². The average molecular weight is 525 g/mol. The highest BCUT2D eigenvalue weighted by Crippen LogP contribution is 2.46. The minimum absolute atomic E-state index is 0.0439. The lowest BCUT2D eigenvalue weighted by molar-refractivity contribution is -0.127. The first-order chi connectivity index (χ1) is 18.0. The molecule has 5 rings (SSSR count). The Kier molecular flexibility index (Phi) is 7.36. The summed E-state index contributed by atoms with van der Waals surface area (Å²) in [4.78, 5) is 25.2. The molecular weight excluding hydrogens is 492 g/mol. The number of hydrogen-bond acceptors (Lipinski definition) is 7. The number of amides is 2. The van der Waals surface area contributed by atoms with Crippen molar-refractivity contribution in [1.82, 2.24) is 20.4 Å². The summed E-state index contributed by atoms with van der Waals surface area (Å²) in [6.07, 6.45) is 3.68. The highest BCUT2D eigenvalue weighted by atomic mass is 32.1. The van der Waals surface area contributed by atoms with E-state index >= 15 is 0 Å². The van der Waals surface area contributed by atoms with Crippen LogP contribution in [0.5, 0.6) is 17.2 Å². The third kappa shape index (κ3) is 5.16. The molecule has 37 heavy (non-hydrogen) atoms. The van der Waals surface area contributed by atoms with Crippen LogP contribution in [0.1, 0.15) is 55.6 Å². The number of benzene rings is 1. The van der Waals surface area contributed by atoms with Crippen LogP contribution in [-0.2, 0) is 11.4 Å². The van der Waals surface area contributed by atoms with Gasteiger partial charge in [-0.25, -0.2) is 4.68 Å². The van der Waals surface area contributed by atoms with Crippen LogP contribution < -0.4 is 24.8 Å². The first-order valence-electron chi connectivity index (χ1n) is 12.7. The summed E-state index contributed by atoms with van der Waals surface area (Å²) < 4.78 is 19.4. The van der Waals surface area contributed by atoms with E-state index in [2.05, 4.69) is 10.6 Å². The number of hydrogen-bond donors (Lipinski definition) is 2. The van der Waals surface area contributed by atoms with Gasteiger partial charge in [0.1, 0.15) is 12.4 Å². The van der Waals surface area contributed by atoms with Crippen molar-refractivity contribution in [3.63, 3.8) is 0 Å². The molecule has 2 aliphatic rings. The van der Waals surface area contributed by atoms with E-state index in [4.69, 9.17) is 19.3 Å². The Morgan fingerprint density at radius 2 is 2.03 bits per heavy atom. The molecule has 0 spiro atoms. The Bertz CT molecular complexity index is 1280. The molecular formula is C27H32N4O5S. The molecule has 9 nitrogen and oxygen atoms in total. The molecule has 0 radical (unpaired) electrons. The number of methoxy groups -OCH3 is 1. The molecule has 2 N–H and O–H groups in total. The lowest BCUT2D eigenvalue weighted by atomic mass is 9.85. The van der Waals surface area contributed by atoms with Gasteiger partial charge in [-0.2, -0.15) is 16.4 Å². The minimum atomic E-state index is -0.269. The second-order valence-electron chi connectivity index (χ2n) is 9.55. The van der Waals surface area contributed by atoms with Gasteiger partial charge in [-0.3, -0.25) is 9.59 Å². The standard InChI is InChI=1S/C27H32N4O5S/c1-16(2)36-23-12-19-21(13-22(23)34-3)35-14-20-24(30-31(25(19)20)18-8-11-37-15-18)27(33)29-10-5-9-28-26(32)17-6-4-7-17/h8,11-13,15-17H,4-7,9-10,14H2,1-3H3,(H,28,32)(H,29,33). The zero-order valence-corrected chi connectivity index (χ0v) is 22.2. The van der Waals surface area contributed by atoms with Crippen LogP contribution in [0.4, 0.5) is 0 Å². The molecule has 1 aliphatic heterocycles. The topological polar surface area (TPSA) is 104 Å². The fourth-order valence-corrected chi connectivity index (χ4v) is 5.13. The SMILES string of the molecule is COc1cc2c(cc1OC(C)C)-c1c(c(C(=O)NCCCNC(=O)C3CCC3)nn1-c1ccsc1)CO2. The van der Waals surface area contributed by atoms with Crippen LogP contribution in [0.15, 0.2) is 29.0 Å². The molecule has 2 amide bonds. The molecule has 2 aromatic heterocycles. The second-order valence-corrected chi connectivity index (χ2v) is 10.3. The van der Waals surface area contributed by atoms with Gasteiger partial charge in [0.2, 0.25) is 5.91 Å². The van der Waals surface area contributed by atoms with Gasteiger partial charge >= 0.3 is 0 Å². The van der Waals surface area contributed by atoms with Crippen molar-refractivity contribution >= 4 is 23.2 Å². The zero-order valence-electron chi connectivity index (χ0n) is 21.3. The van der Waals surface area contributed by atoms with Gasteiger partial charge in [-0.05, 0) is 50.6 Å². The Labute approximate surface area is 220 Å². The molecule has 0 unspecified atom stereocenters. The third-order valence-electron chi connectivity index (χ3n) is 6.62. The van der Waals surface area contributed by atoms with Crippen molar-refractivity contribution < 1.29 is 23.8 Å². The van der Waals surface area contributed by atoms with Gasteiger partial charge < -0.3 is 24.8 Å². The Hall–Kier alpha value is -3.53. The fraction of sp³-hybridized carbons (Fsp3) is 0.444. The monoisotopic (exact) mass is 524 g/mol. The number of fused-ring (bicyclic) bond motifs is 3. The minimum Gasteiger partial charge on any atom is -0.493 e. The molecule has 1 saturated carbocycles. The maximum Gasteiger partial charge on any atom is 0.272 e. The van der Waals surface area contributed by atoms with Crippen LogP contribution in [0, 0.1) is 5.92 Å². The molecule has 3 heterocycles. The fourth-order valence-electron chi connectivity index (χ4n) is 4.51. The van der Waals surface area contributed by atoms with E-state index in [0.29, 0.717) is 42.5 Å². The summed E-state index contributed by atoms with van der Waals surface area (Å²) >= 11 is 1.56. The van der Waals surface area contributed by atoms with Crippen molar-refractivity contribution in [2.45, 2.75) is 52.2 Å². The van der Waals surface area contributed by atoms with Crippen LogP contribution >= 0.6 is 11.3 Å². The highest BCUT2D eigenvalue weighted by molar-refractivity contribution is 7.08. The second kappa shape index (κ2) is 10.8. The first kappa shape index (κ1) is 25.1. The van der Waals surface area contributed by atoms with Gasteiger partial charge in [0.05, 0.1) is 24.6 Å². The number of carbonyl (C=O) groups excluding carboxylic acids is 2. The Morgan fingerprint density at radius 1 is 1.22 bits per heavy atom. The summed E-state index contributed by atoms with van der Waals surface area (Å²) in [5, 5.41) is 14.6. The van der Waals surface area contributed by atoms with Crippen LogP contribution in [0.3, 0.4) is 0 Å². The zero-order chi connectivity index (χ0) is 25.9. The lowest BCUT2D eigenvalue weighted by Gasteiger charge is -2.24. The summed E-state index contributed by atoms with van der Waals surface area (Å²) in [5.41, 5.74) is 3.50. The van der Waals surface area contributed by atoms with Gasteiger partial charge in [0, 0.05) is 41.6 Å². The molecule has 1 aromatic carbocycles. The lowest BCUT2D eigenvalue weighted by Crippen LogP contribution is -2.36. The summed E-state index contributed by atoms with van der Waals surface area (Å²) in [5.74, 6) is 1.84. The van der Waals surface area contributed by atoms with Crippen LogP contribution in [-0.4, -0.2) is 47.9 Å². The van der Waals surface area contributed by atoms with Crippen molar-refractivity contribution in [3.05, 3.63) is 40.2 Å². The first-order valence-corrected chi connectivity index (χ1v) is 13.6. The predicted octanol–water partition coefficient (Wildman–Crippen LogP) is 4.33.